The molecule has 5 nitrogen and oxygen atoms in total. The fourth-order valence-electron chi connectivity index (χ4n) is 3.76. The molecular formula is C19H22BrNO4. The number of benzene rings is 1. The molecule has 1 atom stereocenters. The van der Waals surface area contributed by atoms with Crippen LogP contribution >= 0.6 is 15.9 Å². The molecule has 1 aliphatic heterocycles. The Labute approximate surface area is 155 Å². The van der Waals surface area contributed by atoms with Crippen LogP contribution in [0.25, 0.3) is 0 Å². The van der Waals surface area contributed by atoms with Gasteiger partial charge in [0, 0.05) is 34.5 Å². The Morgan fingerprint density at radius 3 is 2.40 bits per heavy atom. The molecule has 1 aromatic rings. The first-order chi connectivity index (χ1) is 11.8. The first-order valence-corrected chi connectivity index (χ1v) is 9.02. The Hall–Kier alpha value is -1.82. The molecule has 25 heavy (non-hydrogen) atoms. The minimum atomic E-state index is -0.276. The molecule has 0 saturated heterocycles. The first-order valence-electron chi connectivity index (χ1n) is 8.23. The largest absolute Gasteiger partial charge is 0.493 e. The van der Waals surface area contributed by atoms with Gasteiger partial charge in [-0.05, 0) is 29.5 Å². The van der Waals surface area contributed by atoms with E-state index in [1.807, 2.05) is 12.1 Å². The molecule has 0 bridgehead atoms. The minimum absolute atomic E-state index is 0.0593. The summed E-state index contributed by atoms with van der Waals surface area (Å²) in [6.45, 7) is 4.10. The number of halogens is 1. The lowest BCUT2D eigenvalue weighted by molar-refractivity contribution is -0.122. The van der Waals surface area contributed by atoms with E-state index in [0.717, 1.165) is 21.3 Å². The van der Waals surface area contributed by atoms with Crippen LogP contribution in [-0.2, 0) is 9.59 Å². The van der Waals surface area contributed by atoms with E-state index in [-0.39, 0.29) is 29.4 Å². The van der Waals surface area contributed by atoms with Crippen molar-refractivity contribution in [2.75, 3.05) is 14.2 Å². The van der Waals surface area contributed by atoms with Gasteiger partial charge in [0.05, 0.1) is 14.2 Å². The fraction of sp³-hybridized carbons (Fsp3) is 0.474. The topological polar surface area (TPSA) is 64.6 Å². The van der Waals surface area contributed by atoms with Gasteiger partial charge >= 0.3 is 0 Å². The molecule has 134 valence electrons. The molecule has 0 fully saturated rings. The minimum Gasteiger partial charge on any atom is -0.493 e. The molecule has 1 N–H and O–H groups in total. The lowest BCUT2D eigenvalue weighted by Crippen LogP contribution is -2.40. The number of methoxy groups -OCH3 is 2. The van der Waals surface area contributed by atoms with Crippen molar-refractivity contribution in [3.63, 3.8) is 0 Å². The van der Waals surface area contributed by atoms with Crippen molar-refractivity contribution in [3.05, 3.63) is 33.4 Å². The van der Waals surface area contributed by atoms with Crippen LogP contribution in [0.5, 0.6) is 11.5 Å². The highest BCUT2D eigenvalue weighted by Gasteiger charge is 2.41. The summed E-state index contributed by atoms with van der Waals surface area (Å²) in [5.41, 5.74) is 2.23. The number of allylic oxidation sites excluding steroid dienone is 2. The second-order valence-corrected chi connectivity index (χ2v) is 8.22. The van der Waals surface area contributed by atoms with Gasteiger partial charge < -0.3 is 14.8 Å². The van der Waals surface area contributed by atoms with Gasteiger partial charge in [-0.15, -0.1) is 0 Å². The maximum atomic E-state index is 12.8. The average molecular weight is 408 g/mol. The van der Waals surface area contributed by atoms with Crippen molar-refractivity contribution in [3.8, 4) is 11.5 Å². The normalized spacial score (nSPS) is 22.4. The predicted octanol–water partition coefficient (Wildman–Crippen LogP) is 3.71. The van der Waals surface area contributed by atoms with E-state index in [9.17, 15) is 9.59 Å². The summed E-state index contributed by atoms with van der Waals surface area (Å²) in [6.07, 6.45) is 1.43. The van der Waals surface area contributed by atoms with E-state index < -0.39 is 0 Å². The Morgan fingerprint density at radius 1 is 1.12 bits per heavy atom. The summed E-state index contributed by atoms with van der Waals surface area (Å²) < 4.78 is 11.5. The van der Waals surface area contributed by atoms with Crippen LogP contribution in [0.2, 0.25) is 0 Å². The number of ketones is 1. The van der Waals surface area contributed by atoms with Gasteiger partial charge in [-0.1, -0.05) is 29.8 Å². The zero-order valence-electron chi connectivity index (χ0n) is 14.9. The summed E-state index contributed by atoms with van der Waals surface area (Å²) in [5.74, 6) is 0.955. The highest BCUT2D eigenvalue weighted by atomic mass is 79.9. The molecule has 0 aromatic heterocycles. The fourth-order valence-corrected chi connectivity index (χ4v) is 4.36. The number of hydrogen-bond acceptors (Lipinski definition) is 4. The van der Waals surface area contributed by atoms with Gasteiger partial charge in [-0.3, -0.25) is 9.59 Å². The highest BCUT2D eigenvalue weighted by molar-refractivity contribution is 9.10. The molecule has 2 aliphatic rings. The quantitative estimate of drug-likeness (QED) is 0.828. The van der Waals surface area contributed by atoms with Crippen molar-refractivity contribution in [2.24, 2.45) is 5.41 Å². The lowest BCUT2D eigenvalue weighted by Gasteiger charge is -2.38. The van der Waals surface area contributed by atoms with E-state index in [1.54, 1.807) is 14.2 Å². The molecule has 1 aromatic carbocycles. The molecule has 1 unspecified atom stereocenters. The van der Waals surface area contributed by atoms with E-state index in [1.165, 1.54) is 0 Å². The number of ether oxygens (including phenoxy) is 2. The van der Waals surface area contributed by atoms with Crippen molar-refractivity contribution >= 4 is 27.6 Å². The number of carbonyl (C=O) groups excluding carboxylic acids is 2. The summed E-state index contributed by atoms with van der Waals surface area (Å²) >= 11 is 3.56. The SMILES string of the molecule is COc1cc(Br)c(C2CC(=O)NC3=C2C(=O)CC(C)(C)C3)cc1OC. The number of rotatable bonds is 3. The lowest BCUT2D eigenvalue weighted by atomic mass is 9.70. The molecule has 1 amide bonds. The monoisotopic (exact) mass is 407 g/mol. The smallest absolute Gasteiger partial charge is 0.225 e. The van der Waals surface area contributed by atoms with Crippen LogP contribution in [0.1, 0.15) is 44.6 Å². The molecule has 3 rings (SSSR count). The van der Waals surface area contributed by atoms with E-state index in [0.29, 0.717) is 24.3 Å². The third-order valence-electron chi connectivity index (χ3n) is 4.83. The molecule has 1 aliphatic carbocycles. The van der Waals surface area contributed by atoms with Gasteiger partial charge in [-0.25, -0.2) is 0 Å². The van der Waals surface area contributed by atoms with Crippen molar-refractivity contribution in [1.29, 1.82) is 0 Å². The number of carbonyl (C=O) groups is 2. The van der Waals surface area contributed by atoms with E-state index >= 15 is 0 Å². The Kier molecular flexibility index (Phi) is 4.66. The van der Waals surface area contributed by atoms with Crippen LogP contribution in [0, 0.1) is 5.41 Å². The number of nitrogens with one attached hydrogen (secondary N) is 1. The van der Waals surface area contributed by atoms with Crippen molar-refractivity contribution in [2.45, 2.75) is 39.0 Å². The number of amides is 1. The standard InChI is InChI=1S/C19H22BrNO4/c1-19(2)8-13-18(14(22)9-19)11(6-17(23)21-13)10-5-15(24-3)16(25-4)7-12(10)20/h5,7,11H,6,8-9H2,1-4H3,(H,21,23). The van der Waals surface area contributed by atoms with Crippen LogP contribution < -0.4 is 14.8 Å². The zero-order chi connectivity index (χ0) is 18.4. The van der Waals surface area contributed by atoms with Crippen LogP contribution in [0.15, 0.2) is 27.9 Å². The van der Waals surface area contributed by atoms with E-state index in [2.05, 4.69) is 35.1 Å². The van der Waals surface area contributed by atoms with Gasteiger partial charge in [0.25, 0.3) is 0 Å². The summed E-state index contributed by atoms with van der Waals surface area (Å²) in [5, 5.41) is 2.92. The Morgan fingerprint density at radius 2 is 1.76 bits per heavy atom. The molecule has 0 spiro atoms. The van der Waals surface area contributed by atoms with Crippen LogP contribution in [-0.4, -0.2) is 25.9 Å². The van der Waals surface area contributed by atoms with Crippen molar-refractivity contribution < 1.29 is 19.1 Å². The van der Waals surface area contributed by atoms with Gasteiger partial charge in [0.1, 0.15) is 0 Å². The third-order valence-corrected chi connectivity index (χ3v) is 5.51. The molecular weight excluding hydrogens is 386 g/mol. The third kappa shape index (κ3) is 3.32. The summed E-state index contributed by atoms with van der Waals surface area (Å²) in [6, 6.07) is 3.67. The van der Waals surface area contributed by atoms with Crippen LogP contribution in [0.3, 0.4) is 0 Å². The van der Waals surface area contributed by atoms with Crippen molar-refractivity contribution in [1.82, 2.24) is 5.32 Å². The Balaban J connectivity index is 2.13. The number of hydrogen-bond donors (Lipinski definition) is 1. The summed E-state index contributed by atoms with van der Waals surface area (Å²) in [4.78, 5) is 25.1. The van der Waals surface area contributed by atoms with Crippen LogP contribution in [0.4, 0.5) is 0 Å². The van der Waals surface area contributed by atoms with Gasteiger partial charge in [-0.2, -0.15) is 0 Å². The number of Topliss-reactive ketones (excluding diaryl/α,β-unsaturated/α-hetero) is 1. The maximum Gasteiger partial charge on any atom is 0.225 e. The van der Waals surface area contributed by atoms with E-state index in [4.69, 9.17) is 9.47 Å². The molecule has 6 heteroatoms. The second kappa shape index (κ2) is 6.48. The molecule has 0 radical (unpaired) electrons. The average Bonchev–Trinajstić information content (AvgIpc) is 2.51. The Bertz CT molecular complexity index is 782. The zero-order valence-corrected chi connectivity index (χ0v) is 16.5. The molecule has 0 saturated carbocycles. The predicted molar refractivity (Wildman–Crippen MR) is 97.8 cm³/mol. The molecule has 1 heterocycles. The van der Waals surface area contributed by atoms with Gasteiger partial charge in [0.2, 0.25) is 5.91 Å². The van der Waals surface area contributed by atoms with Gasteiger partial charge in [0.15, 0.2) is 17.3 Å². The maximum absolute atomic E-state index is 12.8. The second-order valence-electron chi connectivity index (χ2n) is 7.37. The summed E-state index contributed by atoms with van der Waals surface area (Å²) in [7, 11) is 3.15. The highest BCUT2D eigenvalue weighted by Crippen LogP contribution is 2.47. The first kappa shape index (κ1) is 18.0.